The van der Waals surface area contributed by atoms with E-state index in [0.29, 0.717) is 5.82 Å². The smallest absolute Gasteiger partial charge is 0.324 e. The Morgan fingerprint density at radius 2 is 1.78 bits per heavy atom. The van der Waals surface area contributed by atoms with Gasteiger partial charge in [0.25, 0.3) is 0 Å². The van der Waals surface area contributed by atoms with E-state index in [1.54, 1.807) is 10.9 Å². The van der Waals surface area contributed by atoms with Gasteiger partial charge in [-0.05, 0) is 80.0 Å². The number of aromatic nitrogens is 4. The minimum atomic E-state index is -0.333. The number of carbonyl (C=O) groups is 1. The fraction of sp³-hybridized carbons (Fsp3) is 0.297. The number of benzene rings is 2. The van der Waals surface area contributed by atoms with Crippen molar-refractivity contribution < 1.29 is 4.79 Å². The second-order valence-corrected chi connectivity index (χ2v) is 12.6. The third-order valence-electron chi connectivity index (χ3n) is 8.40. The summed E-state index contributed by atoms with van der Waals surface area (Å²) in [6.45, 7) is 11.3. The Hall–Kier alpha value is -4.98. The van der Waals surface area contributed by atoms with Gasteiger partial charge < -0.3 is 10.2 Å². The number of anilines is 3. The number of fused-ring (bicyclic) bond motifs is 1. The van der Waals surface area contributed by atoms with Gasteiger partial charge in [-0.25, -0.2) is 14.5 Å². The maximum absolute atomic E-state index is 13.5. The standard InChI is InChI=1S/C37H41N7O/c1-6-43(34-16-9-10-21-38-34)27-13-11-12-26(22-27)29-19-20-32(31-15-8-7-14-30(29)31)40-36(45)41-35-23-33(37(3,4)5)42-44(35)28-18-17-25(2)39-24-28/h7-10,14-24,27H,6,11-13H2,1-5H3,(H2,40,41,45). The second-order valence-electron chi connectivity index (χ2n) is 12.6. The van der Waals surface area contributed by atoms with Crippen LogP contribution in [0.5, 0.6) is 0 Å². The van der Waals surface area contributed by atoms with Gasteiger partial charge in [0.1, 0.15) is 11.6 Å². The molecule has 3 aromatic heterocycles. The first-order valence-corrected chi connectivity index (χ1v) is 15.7. The van der Waals surface area contributed by atoms with Gasteiger partial charge in [-0.3, -0.25) is 10.3 Å². The molecule has 8 nitrogen and oxygen atoms in total. The Labute approximate surface area is 265 Å². The van der Waals surface area contributed by atoms with E-state index in [4.69, 9.17) is 5.10 Å². The topological polar surface area (TPSA) is 88.0 Å². The zero-order valence-electron chi connectivity index (χ0n) is 26.7. The van der Waals surface area contributed by atoms with Gasteiger partial charge in [0.05, 0.1) is 23.3 Å². The molecule has 1 aliphatic rings. The van der Waals surface area contributed by atoms with Crippen molar-refractivity contribution in [1.29, 1.82) is 0 Å². The molecule has 0 radical (unpaired) electrons. The van der Waals surface area contributed by atoms with E-state index in [1.807, 2.05) is 55.6 Å². The number of nitrogens with one attached hydrogen (secondary N) is 2. The highest BCUT2D eigenvalue weighted by atomic mass is 16.2. The Morgan fingerprint density at radius 1 is 0.978 bits per heavy atom. The van der Waals surface area contributed by atoms with Gasteiger partial charge in [-0.2, -0.15) is 5.10 Å². The van der Waals surface area contributed by atoms with Crippen LogP contribution < -0.4 is 15.5 Å². The van der Waals surface area contributed by atoms with E-state index in [0.717, 1.165) is 65.2 Å². The van der Waals surface area contributed by atoms with E-state index >= 15 is 0 Å². The number of pyridine rings is 2. The lowest BCUT2D eigenvalue weighted by atomic mass is 9.87. The molecule has 1 unspecified atom stereocenters. The molecule has 8 heteroatoms. The van der Waals surface area contributed by atoms with Crippen molar-refractivity contribution in [3.05, 3.63) is 108 Å². The molecular weight excluding hydrogens is 558 g/mol. The Morgan fingerprint density at radius 3 is 2.49 bits per heavy atom. The summed E-state index contributed by atoms with van der Waals surface area (Å²) in [5.41, 5.74) is 5.67. The van der Waals surface area contributed by atoms with E-state index in [9.17, 15) is 4.79 Å². The summed E-state index contributed by atoms with van der Waals surface area (Å²) in [4.78, 5) is 24.9. The van der Waals surface area contributed by atoms with Crippen LogP contribution in [0.4, 0.5) is 22.1 Å². The number of hydrogen-bond acceptors (Lipinski definition) is 5. The molecule has 0 aliphatic heterocycles. The monoisotopic (exact) mass is 599 g/mol. The lowest BCUT2D eigenvalue weighted by Gasteiger charge is -2.33. The third kappa shape index (κ3) is 6.45. The zero-order chi connectivity index (χ0) is 31.6. The Kier molecular flexibility index (Phi) is 8.39. The normalized spacial score (nSPS) is 15.0. The SMILES string of the molecule is CCN(c1ccccn1)C1C=C(c2ccc(NC(=O)Nc3cc(C(C)(C)C)nn3-c3ccc(C)nc3)c3ccccc23)CCC1. The Balaban J connectivity index is 1.28. The zero-order valence-corrected chi connectivity index (χ0v) is 26.7. The van der Waals surface area contributed by atoms with E-state index in [2.05, 4.69) is 89.6 Å². The average molecular weight is 600 g/mol. The molecule has 1 aliphatic carbocycles. The summed E-state index contributed by atoms with van der Waals surface area (Å²) in [5, 5.41) is 13.1. The second kappa shape index (κ2) is 12.6. The number of hydrogen-bond donors (Lipinski definition) is 2. The molecule has 1 atom stereocenters. The average Bonchev–Trinajstić information content (AvgIpc) is 3.47. The fourth-order valence-corrected chi connectivity index (χ4v) is 6.04. The maximum Gasteiger partial charge on any atom is 0.324 e. The molecule has 0 fully saturated rings. The minimum absolute atomic E-state index is 0.194. The summed E-state index contributed by atoms with van der Waals surface area (Å²) >= 11 is 0. The number of likely N-dealkylation sites (N-methyl/N-ethyl adjacent to an activating group) is 1. The summed E-state index contributed by atoms with van der Waals surface area (Å²) in [7, 11) is 0. The van der Waals surface area contributed by atoms with Crippen molar-refractivity contribution >= 4 is 39.7 Å². The maximum atomic E-state index is 13.5. The van der Waals surface area contributed by atoms with Crippen LogP contribution in [-0.4, -0.2) is 38.4 Å². The molecule has 6 rings (SSSR count). The molecule has 2 aromatic carbocycles. The van der Waals surface area contributed by atoms with E-state index < -0.39 is 0 Å². The van der Waals surface area contributed by atoms with Crippen molar-refractivity contribution in [1.82, 2.24) is 19.7 Å². The van der Waals surface area contributed by atoms with Crippen LogP contribution in [0, 0.1) is 6.92 Å². The summed E-state index contributed by atoms with van der Waals surface area (Å²) in [6.07, 6.45) is 9.26. The molecule has 45 heavy (non-hydrogen) atoms. The molecule has 2 N–H and O–H groups in total. The van der Waals surface area contributed by atoms with Crippen LogP contribution in [0.2, 0.25) is 0 Å². The van der Waals surface area contributed by atoms with Crippen LogP contribution in [0.15, 0.2) is 91.3 Å². The number of allylic oxidation sites excluding steroid dienone is 1. The lowest BCUT2D eigenvalue weighted by molar-refractivity contribution is 0.262. The van der Waals surface area contributed by atoms with Crippen molar-refractivity contribution in [3.8, 4) is 5.69 Å². The minimum Gasteiger partial charge on any atom is -0.350 e. The number of carbonyl (C=O) groups excluding carboxylic acids is 1. The fourth-order valence-electron chi connectivity index (χ4n) is 6.04. The first-order valence-electron chi connectivity index (χ1n) is 15.7. The van der Waals surface area contributed by atoms with Gasteiger partial charge in [0.2, 0.25) is 0 Å². The predicted octanol–water partition coefficient (Wildman–Crippen LogP) is 8.53. The molecule has 0 spiro atoms. The van der Waals surface area contributed by atoms with Gasteiger partial charge in [-0.15, -0.1) is 0 Å². The quantitative estimate of drug-likeness (QED) is 0.196. The lowest BCUT2D eigenvalue weighted by Crippen LogP contribution is -2.35. The van der Waals surface area contributed by atoms with Gasteiger partial charge in [-0.1, -0.05) is 63.2 Å². The molecule has 2 amide bonds. The van der Waals surface area contributed by atoms with Crippen molar-refractivity contribution in [2.75, 3.05) is 22.1 Å². The number of aryl methyl sites for hydroxylation is 1. The largest absolute Gasteiger partial charge is 0.350 e. The number of nitrogens with zero attached hydrogens (tertiary/aromatic N) is 5. The van der Waals surface area contributed by atoms with Crippen LogP contribution >= 0.6 is 0 Å². The molecule has 0 bridgehead atoms. The number of rotatable bonds is 7. The highest BCUT2D eigenvalue weighted by Crippen LogP contribution is 2.37. The third-order valence-corrected chi connectivity index (χ3v) is 8.40. The molecule has 5 aromatic rings. The van der Waals surface area contributed by atoms with Crippen molar-refractivity contribution in [2.24, 2.45) is 0 Å². The van der Waals surface area contributed by atoms with Crippen molar-refractivity contribution in [2.45, 2.75) is 65.3 Å². The molecule has 0 saturated carbocycles. The van der Waals surface area contributed by atoms with Gasteiger partial charge >= 0.3 is 6.03 Å². The first kappa shape index (κ1) is 30.1. The van der Waals surface area contributed by atoms with Gasteiger partial charge in [0.15, 0.2) is 0 Å². The summed E-state index contributed by atoms with van der Waals surface area (Å²) in [5.74, 6) is 1.59. The highest BCUT2D eigenvalue weighted by Gasteiger charge is 2.24. The van der Waals surface area contributed by atoms with Crippen LogP contribution in [-0.2, 0) is 5.41 Å². The number of urea groups is 1. The van der Waals surface area contributed by atoms with E-state index in [-0.39, 0.29) is 17.5 Å². The van der Waals surface area contributed by atoms with Gasteiger partial charge in [0, 0.05) is 41.3 Å². The highest BCUT2D eigenvalue weighted by molar-refractivity contribution is 6.08. The molecule has 3 heterocycles. The predicted molar refractivity (Wildman–Crippen MR) is 184 cm³/mol. The summed E-state index contributed by atoms with van der Waals surface area (Å²) < 4.78 is 1.74. The van der Waals surface area contributed by atoms with Crippen molar-refractivity contribution in [3.63, 3.8) is 0 Å². The molecule has 0 saturated heterocycles. The number of amides is 2. The molecular formula is C37H41N7O. The van der Waals surface area contributed by atoms with Crippen LogP contribution in [0.25, 0.3) is 22.0 Å². The first-order chi connectivity index (χ1) is 21.7. The van der Waals surface area contributed by atoms with Crippen LogP contribution in [0.1, 0.15) is 63.9 Å². The molecule has 230 valence electrons. The Bertz CT molecular complexity index is 1830. The van der Waals surface area contributed by atoms with Crippen LogP contribution in [0.3, 0.4) is 0 Å². The van der Waals surface area contributed by atoms with E-state index in [1.165, 1.54) is 11.1 Å². The summed E-state index contributed by atoms with van der Waals surface area (Å²) in [6, 6.07) is 24.3.